The van der Waals surface area contributed by atoms with Crippen LogP contribution in [-0.2, 0) is 9.84 Å². The predicted molar refractivity (Wildman–Crippen MR) is 101 cm³/mol. The Balaban J connectivity index is 1.92. The molecule has 0 aliphatic heterocycles. The van der Waals surface area contributed by atoms with Crippen molar-refractivity contribution in [2.45, 2.75) is 31.7 Å². The second kappa shape index (κ2) is 6.96. The molecule has 1 unspecified atom stereocenters. The lowest BCUT2D eigenvalue weighted by Crippen LogP contribution is -2.28. The minimum atomic E-state index is -3.49. The lowest BCUT2D eigenvalue weighted by molar-refractivity contribution is 0.0932. The summed E-state index contributed by atoms with van der Waals surface area (Å²) in [4.78, 5) is 12.8. The van der Waals surface area contributed by atoms with Crippen LogP contribution in [0.3, 0.4) is 0 Å². The van der Waals surface area contributed by atoms with Crippen LogP contribution < -0.4 is 5.32 Å². The highest BCUT2D eigenvalue weighted by atomic mass is 32.2. The van der Waals surface area contributed by atoms with Gasteiger partial charge in [0.25, 0.3) is 5.91 Å². The molecule has 1 aromatic heterocycles. The molecule has 136 valence electrons. The molecular weight excluding hydrogens is 350 g/mol. The van der Waals surface area contributed by atoms with Gasteiger partial charge in [-0.25, -0.2) is 8.42 Å². The molecular formula is C20H21NO4S. The van der Waals surface area contributed by atoms with Gasteiger partial charge in [-0.3, -0.25) is 4.79 Å². The molecule has 1 atom stereocenters. The SMILES string of the molecule is CCS(=O)(=O)c1ccccc1C(=O)NC(C)c1oc2ccccc2c1C. The van der Waals surface area contributed by atoms with E-state index in [0.29, 0.717) is 5.76 Å². The van der Waals surface area contributed by atoms with Gasteiger partial charge in [0.15, 0.2) is 9.84 Å². The molecule has 0 saturated carbocycles. The van der Waals surface area contributed by atoms with E-state index in [1.807, 2.05) is 38.1 Å². The zero-order valence-corrected chi connectivity index (χ0v) is 15.8. The normalized spacial score (nSPS) is 12.9. The van der Waals surface area contributed by atoms with Gasteiger partial charge < -0.3 is 9.73 Å². The first-order valence-electron chi connectivity index (χ1n) is 8.46. The number of nitrogens with one attached hydrogen (secondary N) is 1. The Morgan fingerprint density at radius 2 is 1.77 bits per heavy atom. The maximum Gasteiger partial charge on any atom is 0.253 e. The number of aryl methyl sites for hydroxylation is 1. The van der Waals surface area contributed by atoms with E-state index < -0.39 is 21.8 Å². The number of carbonyl (C=O) groups is 1. The van der Waals surface area contributed by atoms with E-state index in [0.717, 1.165) is 16.5 Å². The Morgan fingerprint density at radius 1 is 1.12 bits per heavy atom. The van der Waals surface area contributed by atoms with Gasteiger partial charge in [0.2, 0.25) is 0 Å². The van der Waals surface area contributed by atoms with Crippen LogP contribution >= 0.6 is 0 Å². The maximum atomic E-state index is 12.7. The van der Waals surface area contributed by atoms with Crippen LogP contribution in [0, 0.1) is 6.92 Å². The smallest absolute Gasteiger partial charge is 0.253 e. The monoisotopic (exact) mass is 371 g/mol. The summed E-state index contributed by atoms with van der Waals surface area (Å²) in [6.45, 7) is 5.32. The van der Waals surface area contributed by atoms with Crippen LogP contribution in [0.25, 0.3) is 11.0 Å². The Hall–Kier alpha value is -2.60. The van der Waals surface area contributed by atoms with E-state index in [9.17, 15) is 13.2 Å². The van der Waals surface area contributed by atoms with E-state index in [1.165, 1.54) is 12.1 Å². The summed E-state index contributed by atoms with van der Waals surface area (Å²) < 4.78 is 30.4. The molecule has 3 aromatic rings. The van der Waals surface area contributed by atoms with Gasteiger partial charge in [-0.2, -0.15) is 0 Å². The molecule has 1 heterocycles. The lowest BCUT2D eigenvalue weighted by atomic mass is 10.1. The van der Waals surface area contributed by atoms with Crippen molar-refractivity contribution in [3.8, 4) is 0 Å². The topological polar surface area (TPSA) is 76.4 Å². The molecule has 3 rings (SSSR count). The third kappa shape index (κ3) is 3.24. The third-order valence-electron chi connectivity index (χ3n) is 4.47. The van der Waals surface area contributed by atoms with Crippen molar-refractivity contribution in [1.82, 2.24) is 5.32 Å². The van der Waals surface area contributed by atoms with Gasteiger partial charge in [0, 0.05) is 10.9 Å². The van der Waals surface area contributed by atoms with E-state index in [4.69, 9.17) is 4.42 Å². The summed E-state index contributed by atoms with van der Waals surface area (Å²) in [6.07, 6.45) is 0. The van der Waals surface area contributed by atoms with Crippen molar-refractivity contribution in [3.05, 3.63) is 65.4 Å². The summed E-state index contributed by atoms with van der Waals surface area (Å²) >= 11 is 0. The third-order valence-corrected chi connectivity index (χ3v) is 6.25. The van der Waals surface area contributed by atoms with Crippen LogP contribution in [0.5, 0.6) is 0 Å². The van der Waals surface area contributed by atoms with Crippen LogP contribution in [0.1, 0.15) is 41.6 Å². The van der Waals surface area contributed by atoms with Crippen molar-refractivity contribution >= 4 is 26.7 Å². The number of carbonyl (C=O) groups excluding carboxylic acids is 1. The van der Waals surface area contributed by atoms with E-state index in [2.05, 4.69) is 5.32 Å². The summed E-state index contributed by atoms with van der Waals surface area (Å²) in [5, 5.41) is 3.85. The number of fused-ring (bicyclic) bond motifs is 1. The fourth-order valence-electron chi connectivity index (χ4n) is 3.03. The lowest BCUT2D eigenvalue weighted by Gasteiger charge is -2.14. The molecule has 2 aromatic carbocycles. The van der Waals surface area contributed by atoms with Crippen LogP contribution in [-0.4, -0.2) is 20.1 Å². The molecule has 1 N–H and O–H groups in total. The second-order valence-corrected chi connectivity index (χ2v) is 8.43. The standard InChI is InChI=1S/C20H21NO4S/c1-4-26(23,24)18-12-8-6-10-16(18)20(22)21-14(3)19-13(2)15-9-5-7-11-17(15)25-19/h5-12,14H,4H2,1-3H3,(H,21,22). The minimum absolute atomic E-state index is 0.0496. The summed E-state index contributed by atoms with van der Waals surface area (Å²) in [7, 11) is -3.49. The van der Waals surface area contributed by atoms with Gasteiger partial charge in [-0.1, -0.05) is 37.3 Å². The van der Waals surface area contributed by atoms with Crippen molar-refractivity contribution in [3.63, 3.8) is 0 Å². The van der Waals surface area contributed by atoms with E-state index in [-0.39, 0.29) is 16.2 Å². The molecule has 0 radical (unpaired) electrons. The average molecular weight is 371 g/mol. The van der Waals surface area contributed by atoms with E-state index >= 15 is 0 Å². The number of rotatable bonds is 5. The van der Waals surface area contributed by atoms with Crippen molar-refractivity contribution < 1.29 is 17.6 Å². The van der Waals surface area contributed by atoms with Gasteiger partial charge in [-0.05, 0) is 32.0 Å². The van der Waals surface area contributed by atoms with Crippen LogP contribution in [0.2, 0.25) is 0 Å². The Kier molecular flexibility index (Phi) is 4.87. The number of furan rings is 1. The number of para-hydroxylation sites is 1. The summed E-state index contributed by atoms with van der Waals surface area (Å²) in [5.41, 5.74) is 1.87. The molecule has 0 fully saturated rings. The summed E-state index contributed by atoms with van der Waals surface area (Å²) in [5.74, 6) is 0.163. The molecule has 0 aliphatic carbocycles. The summed E-state index contributed by atoms with van der Waals surface area (Å²) in [6, 6.07) is 13.5. The maximum absolute atomic E-state index is 12.7. The van der Waals surface area contributed by atoms with Crippen molar-refractivity contribution in [1.29, 1.82) is 0 Å². The quantitative estimate of drug-likeness (QED) is 0.735. The van der Waals surface area contributed by atoms with Crippen LogP contribution in [0.4, 0.5) is 0 Å². The number of benzene rings is 2. The van der Waals surface area contributed by atoms with Gasteiger partial charge in [0.05, 0.1) is 22.3 Å². The molecule has 5 nitrogen and oxygen atoms in total. The number of sulfone groups is 1. The first-order valence-corrected chi connectivity index (χ1v) is 10.1. The number of amides is 1. The highest BCUT2D eigenvalue weighted by Crippen LogP contribution is 2.29. The first kappa shape index (κ1) is 18.2. The van der Waals surface area contributed by atoms with E-state index in [1.54, 1.807) is 19.1 Å². The molecule has 0 aliphatic rings. The fourth-order valence-corrected chi connectivity index (χ4v) is 4.12. The highest BCUT2D eigenvalue weighted by Gasteiger charge is 2.23. The Morgan fingerprint density at radius 3 is 2.46 bits per heavy atom. The fraction of sp³-hybridized carbons (Fsp3) is 0.250. The highest BCUT2D eigenvalue weighted by molar-refractivity contribution is 7.91. The van der Waals surface area contributed by atoms with Gasteiger partial charge in [0.1, 0.15) is 11.3 Å². The molecule has 26 heavy (non-hydrogen) atoms. The zero-order chi connectivity index (χ0) is 18.9. The van der Waals surface area contributed by atoms with Gasteiger partial charge >= 0.3 is 0 Å². The number of hydrogen-bond donors (Lipinski definition) is 1. The average Bonchev–Trinajstić information content (AvgIpc) is 2.99. The van der Waals surface area contributed by atoms with Crippen LogP contribution in [0.15, 0.2) is 57.8 Å². The predicted octanol–water partition coefficient (Wildman–Crippen LogP) is 4.03. The molecule has 1 amide bonds. The van der Waals surface area contributed by atoms with Crippen molar-refractivity contribution in [2.24, 2.45) is 0 Å². The minimum Gasteiger partial charge on any atom is -0.459 e. The second-order valence-electron chi connectivity index (χ2n) is 6.18. The Bertz CT molecular complexity index is 1070. The molecule has 6 heteroatoms. The number of hydrogen-bond acceptors (Lipinski definition) is 4. The molecule has 0 spiro atoms. The first-order chi connectivity index (χ1) is 12.3. The molecule has 0 bridgehead atoms. The zero-order valence-electron chi connectivity index (χ0n) is 14.9. The van der Waals surface area contributed by atoms with Gasteiger partial charge in [-0.15, -0.1) is 0 Å². The Labute approximate surface area is 152 Å². The molecule has 0 saturated heterocycles. The largest absolute Gasteiger partial charge is 0.459 e. The van der Waals surface area contributed by atoms with Crippen molar-refractivity contribution in [2.75, 3.05) is 5.75 Å².